The molecule has 0 aromatic heterocycles. The summed E-state index contributed by atoms with van der Waals surface area (Å²) in [5.74, 6) is 0.466. The Morgan fingerprint density at radius 2 is 2.27 bits per heavy atom. The topological polar surface area (TPSA) is 61.5 Å². The van der Waals surface area contributed by atoms with Crippen LogP contribution >= 0.6 is 0 Å². The number of nitrogens with two attached hydrogens (primary N) is 1. The van der Waals surface area contributed by atoms with Crippen molar-refractivity contribution in [1.82, 2.24) is 0 Å². The van der Waals surface area contributed by atoms with Gasteiger partial charge in [0.15, 0.2) is 0 Å². The molecule has 0 saturated carbocycles. The van der Waals surface area contributed by atoms with Gasteiger partial charge >= 0.3 is 5.97 Å². The smallest absolute Gasteiger partial charge is 0.309 e. The van der Waals surface area contributed by atoms with E-state index in [0.717, 1.165) is 11.3 Å². The van der Waals surface area contributed by atoms with Crippen LogP contribution in [0.1, 0.15) is 5.56 Å². The zero-order valence-electron chi connectivity index (χ0n) is 8.73. The van der Waals surface area contributed by atoms with E-state index in [4.69, 9.17) is 10.5 Å². The Hall–Kier alpha value is -1.55. The highest BCUT2D eigenvalue weighted by molar-refractivity contribution is 5.72. The van der Waals surface area contributed by atoms with E-state index in [1.165, 1.54) is 7.11 Å². The summed E-state index contributed by atoms with van der Waals surface area (Å²) in [5.41, 5.74) is 6.19. The molecule has 0 fully saturated rings. The number of carbonyl (C=O) groups is 1. The van der Waals surface area contributed by atoms with Crippen LogP contribution < -0.4 is 10.5 Å². The lowest BCUT2D eigenvalue weighted by atomic mass is 10.1. The minimum atomic E-state index is -0.258. The third-order valence-corrected chi connectivity index (χ3v) is 1.86. The van der Waals surface area contributed by atoms with Crippen LogP contribution in [0, 0.1) is 0 Å². The summed E-state index contributed by atoms with van der Waals surface area (Å²) in [4.78, 5) is 11.0. The molecule has 1 aromatic rings. The van der Waals surface area contributed by atoms with Crippen molar-refractivity contribution in [1.29, 1.82) is 0 Å². The lowest BCUT2D eigenvalue weighted by Gasteiger charge is -2.06. The summed E-state index contributed by atoms with van der Waals surface area (Å²) >= 11 is 0. The summed E-state index contributed by atoms with van der Waals surface area (Å²) in [5, 5.41) is 0. The van der Waals surface area contributed by atoms with Crippen molar-refractivity contribution in [3.63, 3.8) is 0 Å². The van der Waals surface area contributed by atoms with Crippen LogP contribution in [0.25, 0.3) is 0 Å². The van der Waals surface area contributed by atoms with Crippen LogP contribution in [0.4, 0.5) is 0 Å². The minimum absolute atomic E-state index is 0.258. The molecular formula is C11H15NO3. The third kappa shape index (κ3) is 3.99. The monoisotopic (exact) mass is 209 g/mol. The Kier molecular flexibility index (Phi) is 4.63. The van der Waals surface area contributed by atoms with E-state index < -0.39 is 0 Å². The first-order valence-electron chi connectivity index (χ1n) is 4.75. The second-order valence-corrected chi connectivity index (χ2v) is 3.04. The number of hydrogen-bond donors (Lipinski definition) is 1. The fourth-order valence-corrected chi connectivity index (χ4v) is 1.16. The van der Waals surface area contributed by atoms with Gasteiger partial charge in [0.1, 0.15) is 12.4 Å². The first-order chi connectivity index (χ1) is 7.26. The van der Waals surface area contributed by atoms with Crippen LogP contribution in [0.5, 0.6) is 5.75 Å². The second kappa shape index (κ2) is 6.03. The SMILES string of the molecule is COC(=O)Cc1cccc(OCCN)c1. The van der Waals surface area contributed by atoms with Crippen LogP contribution in [-0.4, -0.2) is 26.2 Å². The van der Waals surface area contributed by atoms with Crippen molar-refractivity contribution in [2.24, 2.45) is 5.73 Å². The Bertz CT molecular complexity index is 325. The van der Waals surface area contributed by atoms with Crippen molar-refractivity contribution in [3.8, 4) is 5.75 Å². The normalized spacial score (nSPS) is 9.73. The maximum atomic E-state index is 11.0. The molecule has 0 heterocycles. The Balaban J connectivity index is 2.61. The van der Waals surface area contributed by atoms with E-state index in [0.29, 0.717) is 13.2 Å². The highest BCUT2D eigenvalue weighted by Crippen LogP contribution is 2.13. The molecule has 0 bridgehead atoms. The van der Waals surface area contributed by atoms with Gasteiger partial charge in [-0.25, -0.2) is 0 Å². The van der Waals surface area contributed by atoms with E-state index in [-0.39, 0.29) is 12.4 Å². The van der Waals surface area contributed by atoms with Crippen molar-refractivity contribution in [2.45, 2.75) is 6.42 Å². The number of methoxy groups -OCH3 is 1. The second-order valence-electron chi connectivity index (χ2n) is 3.04. The van der Waals surface area contributed by atoms with E-state index in [1.807, 2.05) is 24.3 Å². The first kappa shape index (κ1) is 11.5. The van der Waals surface area contributed by atoms with Gasteiger partial charge in [0.25, 0.3) is 0 Å². The molecule has 0 saturated heterocycles. The molecule has 1 rings (SSSR count). The molecule has 0 radical (unpaired) electrons. The molecule has 0 unspecified atom stereocenters. The Labute approximate surface area is 89.0 Å². The standard InChI is InChI=1S/C11H15NO3/c1-14-11(13)8-9-3-2-4-10(7-9)15-6-5-12/h2-4,7H,5-6,8,12H2,1H3. The molecule has 0 spiro atoms. The van der Waals surface area contributed by atoms with E-state index >= 15 is 0 Å². The van der Waals surface area contributed by atoms with E-state index in [2.05, 4.69) is 4.74 Å². The maximum Gasteiger partial charge on any atom is 0.309 e. The van der Waals surface area contributed by atoms with Gasteiger partial charge in [-0.15, -0.1) is 0 Å². The van der Waals surface area contributed by atoms with Gasteiger partial charge in [-0.2, -0.15) is 0 Å². The van der Waals surface area contributed by atoms with Gasteiger partial charge < -0.3 is 15.2 Å². The Morgan fingerprint density at radius 1 is 1.47 bits per heavy atom. The largest absolute Gasteiger partial charge is 0.492 e. The molecule has 2 N–H and O–H groups in total. The highest BCUT2D eigenvalue weighted by atomic mass is 16.5. The summed E-state index contributed by atoms with van der Waals surface area (Å²) in [7, 11) is 1.37. The van der Waals surface area contributed by atoms with Gasteiger partial charge in [-0.05, 0) is 17.7 Å². The Morgan fingerprint density at radius 3 is 2.93 bits per heavy atom. The van der Waals surface area contributed by atoms with Gasteiger partial charge in [0.05, 0.1) is 13.5 Å². The molecular weight excluding hydrogens is 194 g/mol. The molecule has 4 nitrogen and oxygen atoms in total. The minimum Gasteiger partial charge on any atom is -0.492 e. The predicted molar refractivity (Wildman–Crippen MR) is 56.7 cm³/mol. The van der Waals surface area contributed by atoms with Crippen molar-refractivity contribution < 1.29 is 14.3 Å². The predicted octanol–water partition coefficient (Wildman–Crippen LogP) is 0.740. The lowest BCUT2D eigenvalue weighted by molar-refractivity contribution is -0.139. The molecule has 82 valence electrons. The zero-order chi connectivity index (χ0) is 11.1. The highest BCUT2D eigenvalue weighted by Gasteiger charge is 2.03. The summed E-state index contributed by atoms with van der Waals surface area (Å²) in [6.45, 7) is 0.947. The van der Waals surface area contributed by atoms with Crippen molar-refractivity contribution >= 4 is 5.97 Å². The van der Waals surface area contributed by atoms with Gasteiger partial charge in [0, 0.05) is 6.54 Å². The number of rotatable bonds is 5. The van der Waals surface area contributed by atoms with Crippen molar-refractivity contribution in [3.05, 3.63) is 29.8 Å². The number of carbonyl (C=O) groups excluding carboxylic acids is 1. The first-order valence-corrected chi connectivity index (χ1v) is 4.75. The molecule has 0 atom stereocenters. The summed E-state index contributed by atoms with van der Waals surface area (Å²) in [6.07, 6.45) is 0.260. The quantitative estimate of drug-likeness (QED) is 0.726. The number of benzene rings is 1. The van der Waals surface area contributed by atoms with Crippen molar-refractivity contribution in [2.75, 3.05) is 20.3 Å². The molecule has 0 aliphatic carbocycles. The average molecular weight is 209 g/mol. The summed E-state index contributed by atoms with van der Waals surface area (Å²) < 4.78 is 9.91. The van der Waals surface area contributed by atoms with Crippen LogP contribution in [0.2, 0.25) is 0 Å². The van der Waals surface area contributed by atoms with Gasteiger partial charge in [-0.1, -0.05) is 12.1 Å². The van der Waals surface area contributed by atoms with Crippen LogP contribution in [-0.2, 0) is 16.0 Å². The van der Waals surface area contributed by atoms with Crippen LogP contribution in [0.15, 0.2) is 24.3 Å². The van der Waals surface area contributed by atoms with E-state index in [9.17, 15) is 4.79 Å². The molecule has 0 aliphatic heterocycles. The van der Waals surface area contributed by atoms with Gasteiger partial charge in [0.2, 0.25) is 0 Å². The maximum absolute atomic E-state index is 11.0. The fourth-order valence-electron chi connectivity index (χ4n) is 1.16. The van der Waals surface area contributed by atoms with E-state index in [1.54, 1.807) is 0 Å². The number of hydrogen-bond acceptors (Lipinski definition) is 4. The average Bonchev–Trinajstić information content (AvgIpc) is 2.26. The lowest BCUT2D eigenvalue weighted by Crippen LogP contribution is -2.11. The third-order valence-electron chi connectivity index (χ3n) is 1.86. The van der Waals surface area contributed by atoms with Crippen LogP contribution in [0.3, 0.4) is 0 Å². The molecule has 15 heavy (non-hydrogen) atoms. The van der Waals surface area contributed by atoms with Gasteiger partial charge in [-0.3, -0.25) is 4.79 Å². The molecule has 0 amide bonds. The number of esters is 1. The fraction of sp³-hybridized carbons (Fsp3) is 0.364. The number of ether oxygens (including phenoxy) is 2. The summed E-state index contributed by atoms with van der Waals surface area (Å²) in [6, 6.07) is 7.33. The molecule has 1 aromatic carbocycles. The zero-order valence-corrected chi connectivity index (χ0v) is 8.73. The molecule has 4 heteroatoms. The molecule has 0 aliphatic rings.